The van der Waals surface area contributed by atoms with Crippen molar-refractivity contribution in [2.75, 3.05) is 11.9 Å². The van der Waals surface area contributed by atoms with E-state index >= 15 is 0 Å². The quantitative estimate of drug-likeness (QED) is 0.430. The fourth-order valence-corrected chi connectivity index (χ4v) is 4.06. The van der Waals surface area contributed by atoms with Crippen LogP contribution in [0, 0.1) is 0 Å². The molecule has 0 fully saturated rings. The number of aromatic amines is 1. The fraction of sp³-hybridized carbons (Fsp3) is 0.208. The van der Waals surface area contributed by atoms with Crippen molar-refractivity contribution < 1.29 is 15.0 Å². The predicted octanol–water partition coefficient (Wildman–Crippen LogP) is 3.53. The van der Waals surface area contributed by atoms with E-state index in [1.165, 1.54) is 0 Å². The van der Waals surface area contributed by atoms with Gasteiger partial charge in [-0.05, 0) is 42.3 Å². The summed E-state index contributed by atoms with van der Waals surface area (Å²) >= 11 is 0. The number of hydrogen-bond acceptors (Lipinski definition) is 5. The number of aromatic nitrogens is 3. The van der Waals surface area contributed by atoms with Gasteiger partial charge in [-0.1, -0.05) is 13.0 Å². The van der Waals surface area contributed by atoms with E-state index < -0.39 is 22.8 Å². The van der Waals surface area contributed by atoms with Crippen LogP contribution in [0.25, 0.3) is 22.2 Å². The number of pyridine rings is 2. The van der Waals surface area contributed by atoms with E-state index in [1.807, 2.05) is 44.4 Å². The van der Waals surface area contributed by atoms with E-state index in [0.717, 1.165) is 22.3 Å². The molecule has 8 heteroatoms. The number of H-pyrrole nitrogens is 1. The Morgan fingerprint density at radius 3 is 2.56 bits per heavy atom. The van der Waals surface area contributed by atoms with Gasteiger partial charge in [0.2, 0.25) is 0 Å². The third kappa shape index (κ3) is 3.60. The van der Waals surface area contributed by atoms with Crippen molar-refractivity contribution in [3.05, 3.63) is 76.0 Å². The molecule has 0 spiro atoms. The Bertz CT molecular complexity index is 1370. The smallest absolute Gasteiger partial charge is 0.345 e. The molecule has 8 nitrogen and oxygen atoms in total. The van der Waals surface area contributed by atoms with Gasteiger partial charge < -0.3 is 24.7 Å². The molecule has 164 valence electrons. The first-order valence-electron chi connectivity index (χ1n) is 10.2. The zero-order valence-electron chi connectivity index (χ0n) is 18.1. The van der Waals surface area contributed by atoms with E-state index in [-0.39, 0.29) is 0 Å². The number of rotatable bonds is 6. The standard InChI is InChI=1S/C24H24N4O4/c1-4-18-21(26-23(30)20(22(18)29)24(31)32)14-5-6-19-15(11-14)12-17(28(19)3)13-27(2)16-7-9-25-10-8-16/h5-12H,4,13H2,1-3H3,(H,31,32)(H2,26,29,30). The highest BCUT2D eigenvalue weighted by Gasteiger charge is 2.22. The number of carboxylic acids is 1. The molecule has 0 amide bonds. The van der Waals surface area contributed by atoms with Crippen molar-refractivity contribution in [1.82, 2.24) is 14.5 Å². The minimum Gasteiger partial charge on any atom is -0.506 e. The third-order valence-corrected chi connectivity index (χ3v) is 5.79. The van der Waals surface area contributed by atoms with Gasteiger partial charge in [0.15, 0.2) is 5.56 Å². The third-order valence-electron chi connectivity index (χ3n) is 5.79. The zero-order valence-corrected chi connectivity index (χ0v) is 18.1. The highest BCUT2D eigenvalue weighted by molar-refractivity contribution is 5.92. The van der Waals surface area contributed by atoms with Crippen LogP contribution in [0.4, 0.5) is 5.69 Å². The van der Waals surface area contributed by atoms with Gasteiger partial charge >= 0.3 is 5.97 Å². The van der Waals surface area contributed by atoms with Crippen LogP contribution in [0.2, 0.25) is 0 Å². The van der Waals surface area contributed by atoms with Crippen LogP contribution in [0.5, 0.6) is 5.75 Å². The lowest BCUT2D eigenvalue weighted by molar-refractivity contribution is 0.0691. The van der Waals surface area contributed by atoms with E-state index in [4.69, 9.17) is 0 Å². The molecule has 3 aromatic heterocycles. The lowest BCUT2D eigenvalue weighted by Crippen LogP contribution is -2.20. The largest absolute Gasteiger partial charge is 0.506 e. The molecule has 0 aliphatic rings. The monoisotopic (exact) mass is 432 g/mol. The molecule has 3 N–H and O–H groups in total. The van der Waals surface area contributed by atoms with E-state index in [0.29, 0.717) is 29.8 Å². The Kier molecular flexibility index (Phi) is 5.44. The zero-order chi connectivity index (χ0) is 23.0. The Hall–Kier alpha value is -4.07. The summed E-state index contributed by atoms with van der Waals surface area (Å²) in [7, 11) is 4.02. The first-order chi connectivity index (χ1) is 15.3. The number of carboxylic acid groups (broad SMARTS) is 1. The molecule has 0 atom stereocenters. The molecule has 32 heavy (non-hydrogen) atoms. The number of benzene rings is 1. The summed E-state index contributed by atoms with van der Waals surface area (Å²) in [5.41, 5.74) is 3.27. The average Bonchev–Trinajstić information content (AvgIpc) is 3.08. The van der Waals surface area contributed by atoms with Crippen molar-refractivity contribution in [2.24, 2.45) is 7.05 Å². The van der Waals surface area contributed by atoms with Crippen LogP contribution in [-0.4, -0.2) is 37.8 Å². The summed E-state index contributed by atoms with van der Waals surface area (Å²) in [4.78, 5) is 32.5. The highest BCUT2D eigenvalue weighted by Crippen LogP contribution is 2.32. The number of aromatic carboxylic acids is 1. The van der Waals surface area contributed by atoms with Gasteiger partial charge in [-0.25, -0.2) is 4.79 Å². The number of nitrogens with zero attached hydrogens (tertiary/aromatic N) is 3. The average molecular weight is 432 g/mol. The number of hydrogen-bond donors (Lipinski definition) is 3. The number of carbonyl (C=O) groups is 1. The predicted molar refractivity (Wildman–Crippen MR) is 123 cm³/mol. The molecular formula is C24H24N4O4. The molecule has 0 bridgehead atoms. The van der Waals surface area contributed by atoms with Crippen LogP contribution < -0.4 is 10.5 Å². The second-order valence-corrected chi connectivity index (χ2v) is 7.72. The number of aryl methyl sites for hydroxylation is 1. The van der Waals surface area contributed by atoms with Crippen LogP contribution in [0.15, 0.2) is 53.6 Å². The van der Waals surface area contributed by atoms with Gasteiger partial charge in [-0.2, -0.15) is 0 Å². The molecule has 3 heterocycles. The van der Waals surface area contributed by atoms with Crippen molar-refractivity contribution in [3.8, 4) is 17.0 Å². The van der Waals surface area contributed by atoms with Crippen molar-refractivity contribution in [3.63, 3.8) is 0 Å². The number of anilines is 1. The molecule has 4 rings (SSSR count). The maximum absolute atomic E-state index is 12.3. The first-order valence-corrected chi connectivity index (χ1v) is 10.2. The van der Waals surface area contributed by atoms with Gasteiger partial charge in [-0.3, -0.25) is 9.78 Å². The van der Waals surface area contributed by atoms with E-state index in [9.17, 15) is 19.8 Å². The summed E-state index contributed by atoms with van der Waals surface area (Å²) in [5.74, 6) is -1.93. The van der Waals surface area contributed by atoms with E-state index in [1.54, 1.807) is 19.3 Å². The summed E-state index contributed by atoms with van der Waals surface area (Å²) in [5, 5.41) is 20.7. The Labute approximate surface area is 184 Å². The summed E-state index contributed by atoms with van der Waals surface area (Å²) in [6.45, 7) is 2.49. The topological polar surface area (TPSA) is 111 Å². The molecular weight excluding hydrogens is 408 g/mol. The molecule has 0 saturated carbocycles. The van der Waals surface area contributed by atoms with Gasteiger partial charge in [0.05, 0.1) is 12.2 Å². The summed E-state index contributed by atoms with van der Waals surface area (Å²) in [6, 6.07) is 11.8. The second-order valence-electron chi connectivity index (χ2n) is 7.72. The lowest BCUT2D eigenvalue weighted by Gasteiger charge is -2.19. The van der Waals surface area contributed by atoms with Gasteiger partial charge in [0.1, 0.15) is 5.75 Å². The molecule has 4 aromatic rings. The molecule has 0 aliphatic heterocycles. The first kappa shape index (κ1) is 21.2. The minimum absolute atomic E-state index is 0.368. The normalized spacial score (nSPS) is 11.1. The Balaban J connectivity index is 1.77. The van der Waals surface area contributed by atoms with Crippen LogP contribution in [0.1, 0.15) is 28.5 Å². The van der Waals surface area contributed by atoms with Crippen LogP contribution in [0.3, 0.4) is 0 Å². The van der Waals surface area contributed by atoms with Gasteiger partial charge in [-0.15, -0.1) is 0 Å². The summed E-state index contributed by atoms with van der Waals surface area (Å²) in [6.07, 6.45) is 3.89. The van der Waals surface area contributed by atoms with E-state index in [2.05, 4.69) is 25.5 Å². The highest BCUT2D eigenvalue weighted by atomic mass is 16.4. The van der Waals surface area contributed by atoms with Crippen molar-refractivity contribution >= 4 is 22.6 Å². The number of nitrogens with one attached hydrogen (secondary N) is 1. The minimum atomic E-state index is -1.45. The van der Waals surface area contributed by atoms with Gasteiger partial charge in [0.25, 0.3) is 5.56 Å². The Morgan fingerprint density at radius 2 is 1.91 bits per heavy atom. The van der Waals surface area contributed by atoms with Crippen molar-refractivity contribution in [2.45, 2.75) is 19.9 Å². The Morgan fingerprint density at radius 1 is 1.19 bits per heavy atom. The number of aromatic hydroxyl groups is 1. The van der Waals surface area contributed by atoms with Crippen molar-refractivity contribution in [1.29, 1.82) is 0 Å². The molecule has 0 unspecified atom stereocenters. The number of fused-ring (bicyclic) bond motifs is 1. The van der Waals surface area contributed by atoms with Gasteiger partial charge in [0, 0.05) is 54.3 Å². The molecule has 0 radical (unpaired) electrons. The van der Waals surface area contributed by atoms with Crippen LogP contribution in [-0.2, 0) is 20.0 Å². The maximum Gasteiger partial charge on any atom is 0.345 e. The maximum atomic E-state index is 12.3. The fourth-order valence-electron chi connectivity index (χ4n) is 4.06. The lowest BCUT2D eigenvalue weighted by atomic mass is 9.99. The SMILES string of the molecule is CCc1c(-c2ccc3c(c2)cc(CN(C)c2ccncc2)n3C)[nH]c(=O)c(C(=O)O)c1O. The molecule has 1 aromatic carbocycles. The van der Waals surface area contributed by atoms with Crippen LogP contribution >= 0.6 is 0 Å². The molecule has 0 aliphatic carbocycles. The second kappa shape index (κ2) is 8.22. The summed E-state index contributed by atoms with van der Waals surface area (Å²) < 4.78 is 2.12. The molecule has 0 saturated heterocycles.